The van der Waals surface area contributed by atoms with Crippen LogP contribution in [0, 0.1) is 6.92 Å². The van der Waals surface area contributed by atoms with E-state index in [9.17, 15) is 0 Å². The maximum absolute atomic E-state index is 6.16. The average molecular weight is 363 g/mol. The van der Waals surface area contributed by atoms with Gasteiger partial charge in [0.25, 0.3) is 0 Å². The Balaban J connectivity index is 2.02. The number of aryl methyl sites for hydroxylation is 1. The quantitative estimate of drug-likeness (QED) is 0.302. The van der Waals surface area contributed by atoms with Crippen LogP contribution >= 0.6 is 11.6 Å². The van der Waals surface area contributed by atoms with Crippen LogP contribution in [0.3, 0.4) is 0 Å². The Morgan fingerprint density at radius 2 is 1.52 bits per heavy atom. The van der Waals surface area contributed by atoms with E-state index < -0.39 is 0 Å². The third kappa shape index (κ3) is 6.11. The van der Waals surface area contributed by atoms with Crippen molar-refractivity contribution >= 4 is 22.4 Å². The van der Waals surface area contributed by atoms with E-state index in [4.69, 9.17) is 21.1 Å². The molecule has 0 atom stereocenters. The molecule has 138 valence electrons. The summed E-state index contributed by atoms with van der Waals surface area (Å²) >= 11 is 5.75. The van der Waals surface area contributed by atoms with Crippen LogP contribution in [0.15, 0.2) is 30.3 Å². The van der Waals surface area contributed by atoms with Gasteiger partial charge in [-0.3, -0.25) is 0 Å². The van der Waals surface area contributed by atoms with E-state index >= 15 is 0 Å². The van der Waals surface area contributed by atoms with Crippen LogP contribution in [0.25, 0.3) is 10.8 Å². The van der Waals surface area contributed by atoms with Gasteiger partial charge in [0, 0.05) is 16.7 Å². The summed E-state index contributed by atoms with van der Waals surface area (Å²) in [5.41, 5.74) is 1.13. The third-order valence-electron chi connectivity index (χ3n) is 4.42. The summed E-state index contributed by atoms with van der Waals surface area (Å²) in [7, 11) is 0. The van der Waals surface area contributed by atoms with Crippen molar-refractivity contribution in [3.63, 3.8) is 0 Å². The van der Waals surface area contributed by atoms with Gasteiger partial charge in [0.2, 0.25) is 0 Å². The lowest BCUT2D eigenvalue weighted by molar-refractivity contribution is 0.303. The van der Waals surface area contributed by atoms with Crippen molar-refractivity contribution in [2.24, 2.45) is 0 Å². The van der Waals surface area contributed by atoms with Crippen LogP contribution in [0.1, 0.15) is 57.4 Å². The van der Waals surface area contributed by atoms with E-state index in [1.54, 1.807) is 0 Å². The SMILES string of the molecule is CCCCCCCCOc1c(C)cc(OCCCCl)c2ccccc12. The molecule has 0 heterocycles. The minimum absolute atomic E-state index is 0.621. The van der Waals surface area contributed by atoms with Gasteiger partial charge in [0.05, 0.1) is 13.2 Å². The molecule has 2 aromatic rings. The van der Waals surface area contributed by atoms with Gasteiger partial charge in [0.1, 0.15) is 11.5 Å². The minimum Gasteiger partial charge on any atom is -0.493 e. The van der Waals surface area contributed by atoms with E-state index in [2.05, 4.69) is 38.1 Å². The van der Waals surface area contributed by atoms with Crippen molar-refractivity contribution in [2.45, 2.75) is 58.8 Å². The summed E-state index contributed by atoms with van der Waals surface area (Å²) < 4.78 is 12.1. The van der Waals surface area contributed by atoms with Crippen molar-refractivity contribution in [3.8, 4) is 11.5 Å². The Labute approximate surface area is 157 Å². The molecule has 0 aliphatic rings. The highest BCUT2D eigenvalue weighted by Gasteiger charge is 2.11. The number of unbranched alkanes of at least 4 members (excludes halogenated alkanes) is 5. The predicted molar refractivity (Wildman–Crippen MR) is 108 cm³/mol. The van der Waals surface area contributed by atoms with E-state index in [-0.39, 0.29) is 0 Å². The van der Waals surface area contributed by atoms with Crippen LogP contribution in [0.4, 0.5) is 0 Å². The van der Waals surface area contributed by atoms with Crippen molar-refractivity contribution in [1.29, 1.82) is 0 Å². The van der Waals surface area contributed by atoms with E-state index in [1.807, 2.05) is 6.07 Å². The summed E-state index contributed by atoms with van der Waals surface area (Å²) in [6, 6.07) is 10.4. The summed E-state index contributed by atoms with van der Waals surface area (Å²) in [5.74, 6) is 2.54. The molecule has 0 aromatic heterocycles. The molecule has 0 saturated heterocycles. The Bertz CT molecular complexity index is 639. The van der Waals surface area contributed by atoms with Gasteiger partial charge in [0.15, 0.2) is 0 Å². The van der Waals surface area contributed by atoms with E-state index in [0.717, 1.165) is 47.3 Å². The number of halogens is 1. The second-order valence-electron chi connectivity index (χ2n) is 6.57. The zero-order valence-electron chi connectivity index (χ0n) is 15.7. The maximum atomic E-state index is 6.16. The fraction of sp³-hybridized carbons (Fsp3) is 0.545. The molecule has 0 spiro atoms. The largest absolute Gasteiger partial charge is 0.493 e. The molecule has 0 radical (unpaired) electrons. The molecule has 0 saturated carbocycles. The first-order valence-electron chi connectivity index (χ1n) is 9.61. The lowest BCUT2D eigenvalue weighted by Crippen LogP contribution is -2.02. The standard InChI is InChI=1S/C22H31ClO2/c1-3-4-5-6-7-10-15-25-22-18(2)17-21(24-16-11-14-23)19-12-8-9-13-20(19)22/h8-9,12-13,17H,3-7,10-11,14-16H2,1-2H3. The summed E-state index contributed by atoms with van der Waals surface area (Å²) in [6.07, 6.45) is 8.50. The van der Waals surface area contributed by atoms with E-state index in [0.29, 0.717) is 12.5 Å². The number of rotatable bonds is 12. The molecule has 2 nitrogen and oxygen atoms in total. The monoisotopic (exact) mass is 362 g/mol. The number of hydrogen-bond donors (Lipinski definition) is 0. The van der Waals surface area contributed by atoms with Gasteiger partial charge in [-0.15, -0.1) is 11.6 Å². The first-order valence-corrected chi connectivity index (χ1v) is 10.1. The molecule has 0 aliphatic heterocycles. The fourth-order valence-electron chi connectivity index (χ4n) is 3.05. The molecule has 0 aliphatic carbocycles. The number of benzene rings is 2. The van der Waals surface area contributed by atoms with Crippen molar-refractivity contribution in [1.82, 2.24) is 0 Å². The summed E-state index contributed by atoms with van der Waals surface area (Å²) in [5, 5.41) is 2.25. The van der Waals surface area contributed by atoms with Gasteiger partial charge in [-0.2, -0.15) is 0 Å². The summed E-state index contributed by atoms with van der Waals surface area (Å²) in [4.78, 5) is 0. The van der Waals surface area contributed by atoms with Crippen LogP contribution in [0.5, 0.6) is 11.5 Å². The molecule has 2 rings (SSSR count). The zero-order valence-corrected chi connectivity index (χ0v) is 16.4. The normalized spacial score (nSPS) is 11.0. The minimum atomic E-state index is 0.621. The van der Waals surface area contributed by atoms with Gasteiger partial charge in [-0.1, -0.05) is 63.3 Å². The highest BCUT2D eigenvalue weighted by Crippen LogP contribution is 2.36. The van der Waals surface area contributed by atoms with Crippen LogP contribution in [-0.2, 0) is 0 Å². The van der Waals surface area contributed by atoms with Crippen LogP contribution in [-0.4, -0.2) is 19.1 Å². The zero-order chi connectivity index (χ0) is 17.9. The van der Waals surface area contributed by atoms with Crippen LogP contribution < -0.4 is 9.47 Å². The number of ether oxygens (including phenoxy) is 2. The number of alkyl halides is 1. The van der Waals surface area contributed by atoms with Crippen molar-refractivity contribution in [2.75, 3.05) is 19.1 Å². The third-order valence-corrected chi connectivity index (χ3v) is 4.69. The van der Waals surface area contributed by atoms with Crippen molar-refractivity contribution < 1.29 is 9.47 Å². The number of hydrogen-bond acceptors (Lipinski definition) is 2. The highest BCUT2D eigenvalue weighted by molar-refractivity contribution is 6.17. The molecule has 0 fully saturated rings. The summed E-state index contributed by atoms with van der Waals surface area (Å²) in [6.45, 7) is 5.77. The van der Waals surface area contributed by atoms with Gasteiger partial charge in [-0.05, 0) is 31.4 Å². The topological polar surface area (TPSA) is 18.5 Å². The molecule has 0 bridgehead atoms. The Kier molecular flexibility index (Phi) is 8.96. The second kappa shape index (κ2) is 11.3. The fourth-order valence-corrected chi connectivity index (χ4v) is 3.16. The first kappa shape index (κ1) is 19.9. The Morgan fingerprint density at radius 3 is 2.28 bits per heavy atom. The van der Waals surface area contributed by atoms with E-state index in [1.165, 1.54) is 32.1 Å². The van der Waals surface area contributed by atoms with Gasteiger partial charge in [-0.25, -0.2) is 0 Å². The molecule has 25 heavy (non-hydrogen) atoms. The Hall–Kier alpha value is -1.41. The van der Waals surface area contributed by atoms with Gasteiger partial charge >= 0.3 is 0 Å². The lowest BCUT2D eigenvalue weighted by Gasteiger charge is -2.16. The molecular weight excluding hydrogens is 332 g/mol. The second-order valence-corrected chi connectivity index (χ2v) is 6.95. The average Bonchev–Trinajstić information content (AvgIpc) is 2.63. The maximum Gasteiger partial charge on any atom is 0.130 e. The molecular formula is C22H31ClO2. The highest BCUT2D eigenvalue weighted by atomic mass is 35.5. The lowest BCUT2D eigenvalue weighted by atomic mass is 10.0. The number of fused-ring (bicyclic) bond motifs is 1. The van der Waals surface area contributed by atoms with Crippen LogP contribution in [0.2, 0.25) is 0 Å². The molecule has 3 heteroatoms. The molecule has 2 aromatic carbocycles. The predicted octanol–water partition coefficient (Wildman–Crippen LogP) is 6.90. The molecule has 0 N–H and O–H groups in total. The molecule has 0 unspecified atom stereocenters. The first-order chi connectivity index (χ1) is 12.3. The van der Waals surface area contributed by atoms with Gasteiger partial charge < -0.3 is 9.47 Å². The smallest absolute Gasteiger partial charge is 0.130 e. The van der Waals surface area contributed by atoms with Crippen molar-refractivity contribution in [3.05, 3.63) is 35.9 Å². The molecule has 0 amide bonds. The Morgan fingerprint density at radius 1 is 0.840 bits per heavy atom.